The summed E-state index contributed by atoms with van der Waals surface area (Å²) in [5.41, 5.74) is 1.05. The largest absolute Gasteiger partial charge is 0.497 e. The van der Waals surface area contributed by atoms with Gasteiger partial charge < -0.3 is 9.84 Å². The van der Waals surface area contributed by atoms with Gasteiger partial charge in [-0.25, -0.2) is 14.5 Å². The molecule has 0 saturated carbocycles. The van der Waals surface area contributed by atoms with Gasteiger partial charge in [0.15, 0.2) is 11.5 Å². The number of benzene rings is 2. The van der Waals surface area contributed by atoms with Crippen LogP contribution in [-0.4, -0.2) is 33.0 Å². The summed E-state index contributed by atoms with van der Waals surface area (Å²) in [6.07, 6.45) is -0.623. The average Bonchev–Trinajstić information content (AvgIpc) is 3.30. The molecule has 6 nitrogen and oxygen atoms in total. The quantitative estimate of drug-likeness (QED) is 0.287. The Balaban J connectivity index is 1.80. The lowest BCUT2D eigenvalue weighted by Crippen LogP contribution is -2.18. The van der Waals surface area contributed by atoms with Crippen molar-refractivity contribution in [3.8, 4) is 22.8 Å². The van der Waals surface area contributed by atoms with Crippen LogP contribution in [0.3, 0.4) is 0 Å². The molecule has 2 heterocycles. The van der Waals surface area contributed by atoms with Gasteiger partial charge in [-0.05, 0) is 48.4 Å². The van der Waals surface area contributed by atoms with Gasteiger partial charge in [-0.15, -0.1) is 0 Å². The van der Waals surface area contributed by atoms with Gasteiger partial charge in [0.05, 0.1) is 19.0 Å². The predicted octanol–water partition coefficient (Wildman–Crippen LogP) is 6.79. The molecule has 0 aliphatic rings. The second-order valence-corrected chi connectivity index (χ2v) is 8.17. The molecule has 4 aromatic rings. The number of aromatic nitrogens is 3. The Morgan fingerprint density at radius 1 is 1.11 bits per heavy atom. The van der Waals surface area contributed by atoms with Crippen molar-refractivity contribution in [2.24, 2.45) is 0 Å². The maximum atomic E-state index is 13.7. The van der Waals surface area contributed by atoms with Gasteiger partial charge in [0.2, 0.25) is 0 Å². The van der Waals surface area contributed by atoms with Gasteiger partial charge in [0, 0.05) is 16.1 Å². The number of methoxy groups -OCH3 is 1. The summed E-state index contributed by atoms with van der Waals surface area (Å²) in [5.74, 6) is -1.19. The van der Waals surface area contributed by atoms with E-state index in [9.17, 15) is 23.1 Å². The third kappa shape index (κ3) is 4.96. The Labute approximate surface area is 209 Å². The van der Waals surface area contributed by atoms with Crippen LogP contribution < -0.4 is 4.74 Å². The zero-order valence-corrected chi connectivity index (χ0v) is 19.8. The Kier molecular flexibility index (Phi) is 6.85. The molecule has 0 aliphatic heterocycles. The minimum atomic E-state index is -4.96. The van der Waals surface area contributed by atoms with Crippen LogP contribution >= 0.6 is 11.6 Å². The molecular weight excluding hydrogens is 495 g/mol. The molecule has 0 spiro atoms. The highest BCUT2D eigenvalue weighted by molar-refractivity contribution is 6.32. The Morgan fingerprint density at radius 3 is 2.53 bits per heavy atom. The number of hydrogen-bond donors (Lipinski definition) is 1. The fourth-order valence-corrected chi connectivity index (χ4v) is 3.95. The normalized spacial score (nSPS) is 11.7. The second kappa shape index (κ2) is 9.87. The van der Waals surface area contributed by atoms with Crippen LogP contribution in [0.25, 0.3) is 29.2 Å². The van der Waals surface area contributed by atoms with Crippen molar-refractivity contribution in [3.63, 3.8) is 0 Å². The lowest BCUT2D eigenvalue weighted by atomic mass is 10.0. The van der Waals surface area contributed by atoms with Crippen molar-refractivity contribution in [3.05, 3.63) is 93.8 Å². The number of carboxylic acid groups (broad SMARTS) is 1. The van der Waals surface area contributed by atoms with Crippen molar-refractivity contribution < 1.29 is 27.8 Å². The number of hydrogen-bond acceptors (Lipinski definition) is 4. The molecule has 1 N–H and O–H groups in total. The van der Waals surface area contributed by atoms with E-state index < -0.39 is 23.4 Å². The summed E-state index contributed by atoms with van der Waals surface area (Å²) in [4.78, 5) is 15.7. The summed E-state index contributed by atoms with van der Waals surface area (Å²) in [6, 6.07) is 15.2. The van der Waals surface area contributed by atoms with E-state index in [-0.39, 0.29) is 5.82 Å². The molecule has 184 valence electrons. The summed E-state index contributed by atoms with van der Waals surface area (Å²) in [7, 11) is 1.59. The smallest absolute Gasteiger partial charge is 0.434 e. The van der Waals surface area contributed by atoms with Crippen LogP contribution in [-0.2, 0) is 6.18 Å². The van der Waals surface area contributed by atoms with E-state index >= 15 is 0 Å². The van der Waals surface area contributed by atoms with Crippen LogP contribution in [0.5, 0.6) is 5.75 Å². The van der Waals surface area contributed by atoms with Crippen molar-refractivity contribution >= 4 is 29.7 Å². The van der Waals surface area contributed by atoms with Gasteiger partial charge in [-0.2, -0.15) is 18.3 Å². The molecular formula is C26H19ClF3N3O3. The minimum Gasteiger partial charge on any atom is -0.497 e. The summed E-state index contributed by atoms with van der Waals surface area (Å²) in [6.45, 7) is 1.94. The molecule has 4 rings (SSSR count). The maximum absolute atomic E-state index is 13.7. The van der Waals surface area contributed by atoms with Gasteiger partial charge >= 0.3 is 12.1 Å². The molecule has 2 aromatic carbocycles. The van der Waals surface area contributed by atoms with E-state index in [4.69, 9.17) is 16.3 Å². The molecule has 0 unspecified atom stereocenters. The Bertz CT molecular complexity index is 1480. The molecule has 0 bridgehead atoms. The number of carboxylic acids is 1. The van der Waals surface area contributed by atoms with Gasteiger partial charge in [0.1, 0.15) is 11.3 Å². The van der Waals surface area contributed by atoms with Gasteiger partial charge in [-0.3, -0.25) is 0 Å². The minimum absolute atomic E-state index is 0.187. The SMILES string of the molecule is COc1ccc(/C=C/c2c(Cl)cccc2-c2cccc(-n3ncc(C(=O)O)c3C(F)(F)F)n2)c(C)c1. The van der Waals surface area contributed by atoms with E-state index in [0.717, 1.165) is 16.9 Å². The maximum Gasteiger partial charge on any atom is 0.434 e. The van der Waals surface area contributed by atoms with Crippen molar-refractivity contribution in [2.75, 3.05) is 7.11 Å². The van der Waals surface area contributed by atoms with Crippen LogP contribution in [0.2, 0.25) is 5.02 Å². The number of rotatable bonds is 6. The molecule has 0 amide bonds. The highest BCUT2D eigenvalue weighted by Gasteiger charge is 2.41. The summed E-state index contributed by atoms with van der Waals surface area (Å²) >= 11 is 6.48. The van der Waals surface area contributed by atoms with Gasteiger partial charge in [-0.1, -0.05) is 48.0 Å². The standard InChI is InChI=1S/C26H19ClF3N3O3/c1-15-13-17(36-2)11-9-16(15)10-12-18-19(5-3-6-21(18)27)22-7-4-8-23(32-22)33-24(26(28,29)30)20(14-31-33)25(34)35/h3-14H,1-2H3,(H,34,35)/b12-10+. The van der Waals surface area contributed by atoms with Crippen molar-refractivity contribution in [2.45, 2.75) is 13.1 Å². The summed E-state index contributed by atoms with van der Waals surface area (Å²) < 4.78 is 46.8. The topological polar surface area (TPSA) is 77.2 Å². The number of pyridine rings is 1. The fourth-order valence-electron chi connectivity index (χ4n) is 3.71. The highest BCUT2D eigenvalue weighted by atomic mass is 35.5. The molecule has 0 aliphatic carbocycles. The van der Waals surface area contributed by atoms with Gasteiger partial charge in [0.25, 0.3) is 0 Å². The number of aryl methyl sites for hydroxylation is 1. The Hall–Kier alpha value is -4.11. The van der Waals surface area contributed by atoms with Crippen LogP contribution in [0.4, 0.5) is 13.2 Å². The zero-order valence-electron chi connectivity index (χ0n) is 19.0. The summed E-state index contributed by atoms with van der Waals surface area (Å²) in [5, 5.41) is 13.3. The first-order chi connectivity index (χ1) is 17.1. The van der Waals surface area contributed by atoms with E-state index in [1.807, 2.05) is 31.2 Å². The second-order valence-electron chi connectivity index (χ2n) is 7.76. The van der Waals surface area contributed by atoms with Crippen LogP contribution in [0.15, 0.2) is 60.8 Å². The molecule has 10 heteroatoms. The number of alkyl halides is 3. The van der Waals surface area contributed by atoms with Crippen LogP contribution in [0.1, 0.15) is 32.7 Å². The number of halogens is 4. The van der Waals surface area contributed by atoms with E-state index in [0.29, 0.717) is 32.7 Å². The average molecular weight is 514 g/mol. The van der Waals surface area contributed by atoms with Crippen molar-refractivity contribution in [1.82, 2.24) is 14.8 Å². The predicted molar refractivity (Wildman–Crippen MR) is 130 cm³/mol. The lowest BCUT2D eigenvalue weighted by molar-refractivity contribution is -0.143. The van der Waals surface area contributed by atoms with E-state index in [2.05, 4.69) is 10.1 Å². The first kappa shape index (κ1) is 25.0. The first-order valence-electron chi connectivity index (χ1n) is 10.6. The molecule has 2 aromatic heterocycles. The van der Waals surface area contributed by atoms with E-state index in [1.165, 1.54) is 12.1 Å². The number of nitrogens with zero attached hydrogens (tertiary/aromatic N) is 3. The Morgan fingerprint density at radius 2 is 1.86 bits per heavy atom. The van der Waals surface area contributed by atoms with Crippen LogP contribution in [0, 0.1) is 6.92 Å². The highest BCUT2D eigenvalue weighted by Crippen LogP contribution is 2.35. The zero-order chi connectivity index (χ0) is 26.0. The molecule has 0 radical (unpaired) electrons. The molecule has 0 saturated heterocycles. The van der Waals surface area contributed by atoms with E-state index in [1.54, 1.807) is 37.5 Å². The molecule has 0 atom stereocenters. The number of carbonyl (C=O) groups is 1. The third-order valence-electron chi connectivity index (χ3n) is 5.45. The number of ether oxygens (including phenoxy) is 1. The first-order valence-corrected chi connectivity index (χ1v) is 11.0. The lowest BCUT2D eigenvalue weighted by Gasteiger charge is -2.13. The number of aromatic carboxylic acids is 1. The molecule has 36 heavy (non-hydrogen) atoms. The molecule has 0 fully saturated rings. The fraction of sp³-hybridized carbons (Fsp3) is 0.115. The van der Waals surface area contributed by atoms with Crippen molar-refractivity contribution in [1.29, 1.82) is 0 Å². The monoisotopic (exact) mass is 513 g/mol. The third-order valence-corrected chi connectivity index (χ3v) is 5.78.